The van der Waals surface area contributed by atoms with Crippen molar-refractivity contribution in [1.29, 1.82) is 0 Å². The normalized spacial score (nSPS) is 22.7. The smallest absolute Gasteiger partial charge is 0.237 e. The molecule has 1 amide bonds. The number of amides is 1. The van der Waals surface area contributed by atoms with Gasteiger partial charge in [-0.05, 0) is 39.3 Å². The van der Waals surface area contributed by atoms with Gasteiger partial charge >= 0.3 is 0 Å². The summed E-state index contributed by atoms with van der Waals surface area (Å²) in [6.07, 6.45) is 4.71. The largest absolute Gasteiger partial charge is 0.355 e. The molecule has 2 atom stereocenters. The maximum Gasteiger partial charge on any atom is 0.237 e. The van der Waals surface area contributed by atoms with Gasteiger partial charge in [0.25, 0.3) is 0 Å². The molecule has 4 nitrogen and oxygen atoms in total. The van der Waals surface area contributed by atoms with E-state index in [1.165, 1.54) is 19.3 Å². The van der Waals surface area contributed by atoms with Crippen molar-refractivity contribution < 1.29 is 4.79 Å². The van der Waals surface area contributed by atoms with Gasteiger partial charge in [-0.1, -0.05) is 20.3 Å². The predicted molar refractivity (Wildman–Crippen MR) is 75.7 cm³/mol. The molecule has 1 aliphatic rings. The first-order valence-electron chi connectivity index (χ1n) is 7.44. The van der Waals surface area contributed by atoms with Gasteiger partial charge in [0, 0.05) is 19.1 Å². The van der Waals surface area contributed by atoms with E-state index < -0.39 is 0 Å². The van der Waals surface area contributed by atoms with Crippen molar-refractivity contribution >= 4 is 5.91 Å². The van der Waals surface area contributed by atoms with Gasteiger partial charge < -0.3 is 10.6 Å². The molecule has 0 aliphatic carbocycles. The monoisotopic (exact) mass is 255 g/mol. The molecule has 1 fully saturated rings. The maximum absolute atomic E-state index is 12.0. The number of piperidine rings is 1. The molecule has 0 saturated carbocycles. The molecule has 2 unspecified atom stereocenters. The zero-order valence-corrected chi connectivity index (χ0v) is 12.2. The fraction of sp³-hybridized carbons (Fsp3) is 0.929. The van der Waals surface area contributed by atoms with Crippen LogP contribution in [0.5, 0.6) is 0 Å². The van der Waals surface area contributed by atoms with E-state index in [4.69, 9.17) is 0 Å². The van der Waals surface area contributed by atoms with E-state index in [1.54, 1.807) is 0 Å². The van der Waals surface area contributed by atoms with E-state index in [1.807, 2.05) is 6.92 Å². The molecule has 1 aliphatic heterocycles. The summed E-state index contributed by atoms with van der Waals surface area (Å²) in [5, 5.41) is 6.42. The van der Waals surface area contributed by atoms with Crippen LogP contribution >= 0.6 is 0 Å². The second-order valence-electron chi connectivity index (χ2n) is 5.16. The summed E-state index contributed by atoms with van der Waals surface area (Å²) >= 11 is 0. The van der Waals surface area contributed by atoms with Crippen molar-refractivity contribution in [2.45, 2.75) is 58.5 Å². The zero-order valence-electron chi connectivity index (χ0n) is 12.2. The van der Waals surface area contributed by atoms with Gasteiger partial charge in [-0.2, -0.15) is 0 Å². The fourth-order valence-corrected chi connectivity index (χ4v) is 2.61. The minimum Gasteiger partial charge on any atom is -0.355 e. The van der Waals surface area contributed by atoms with Crippen molar-refractivity contribution in [2.75, 3.05) is 26.2 Å². The summed E-state index contributed by atoms with van der Waals surface area (Å²) in [4.78, 5) is 14.4. The molecule has 106 valence electrons. The van der Waals surface area contributed by atoms with Crippen molar-refractivity contribution in [3.8, 4) is 0 Å². The van der Waals surface area contributed by atoms with Crippen LogP contribution in [0.25, 0.3) is 0 Å². The molecule has 2 N–H and O–H groups in total. The number of likely N-dealkylation sites (tertiary alicyclic amines) is 1. The number of carbonyl (C=O) groups excluding carboxylic acids is 1. The number of nitrogens with one attached hydrogen (secondary N) is 2. The second-order valence-corrected chi connectivity index (χ2v) is 5.16. The highest BCUT2D eigenvalue weighted by Gasteiger charge is 2.29. The topological polar surface area (TPSA) is 44.4 Å². The van der Waals surface area contributed by atoms with Crippen LogP contribution in [-0.4, -0.2) is 49.1 Å². The minimum absolute atomic E-state index is 0.000469. The number of nitrogens with zero attached hydrogens (tertiary/aromatic N) is 1. The number of hydrogen-bond acceptors (Lipinski definition) is 3. The number of likely N-dealkylation sites (N-methyl/N-ethyl adjacent to an activating group) is 1. The lowest BCUT2D eigenvalue weighted by Crippen LogP contribution is -2.54. The summed E-state index contributed by atoms with van der Waals surface area (Å²) in [6, 6.07) is 0.515. The zero-order chi connectivity index (χ0) is 13.4. The van der Waals surface area contributed by atoms with E-state index in [2.05, 4.69) is 29.4 Å². The third kappa shape index (κ3) is 4.58. The van der Waals surface area contributed by atoms with Crippen LogP contribution in [-0.2, 0) is 4.79 Å². The highest BCUT2D eigenvalue weighted by molar-refractivity contribution is 5.81. The van der Waals surface area contributed by atoms with Crippen LogP contribution in [0.3, 0.4) is 0 Å². The molecular formula is C14H29N3O. The number of hydrogen-bond donors (Lipinski definition) is 2. The SMILES string of the molecule is CCCNC(=O)C(C)N1CCCCC1CNCC. The number of carbonyl (C=O) groups is 1. The van der Waals surface area contributed by atoms with E-state index in [0.29, 0.717) is 6.04 Å². The molecule has 0 aromatic carbocycles. The lowest BCUT2D eigenvalue weighted by molar-refractivity contribution is -0.127. The Morgan fingerprint density at radius 3 is 2.83 bits per heavy atom. The Morgan fingerprint density at radius 2 is 2.17 bits per heavy atom. The van der Waals surface area contributed by atoms with E-state index in [9.17, 15) is 4.79 Å². The maximum atomic E-state index is 12.0. The van der Waals surface area contributed by atoms with Crippen LogP contribution in [0, 0.1) is 0 Å². The first-order valence-corrected chi connectivity index (χ1v) is 7.44. The molecule has 18 heavy (non-hydrogen) atoms. The van der Waals surface area contributed by atoms with Gasteiger partial charge in [0.05, 0.1) is 6.04 Å². The van der Waals surface area contributed by atoms with E-state index in [-0.39, 0.29) is 11.9 Å². The third-order valence-corrected chi connectivity index (χ3v) is 3.73. The van der Waals surface area contributed by atoms with Crippen LogP contribution in [0.2, 0.25) is 0 Å². The lowest BCUT2D eigenvalue weighted by Gasteiger charge is -2.39. The molecule has 4 heteroatoms. The number of rotatable bonds is 7. The highest BCUT2D eigenvalue weighted by Crippen LogP contribution is 2.19. The highest BCUT2D eigenvalue weighted by atomic mass is 16.2. The standard InChI is InChI=1S/C14H29N3O/c1-4-9-16-14(18)12(3)17-10-7-6-8-13(17)11-15-5-2/h12-13,15H,4-11H2,1-3H3,(H,16,18). The van der Waals surface area contributed by atoms with Crippen LogP contribution in [0.1, 0.15) is 46.5 Å². The minimum atomic E-state index is 0.000469. The van der Waals surface area contributed by atoms with Crippen LogP contribution < -0.4 is 10.6 Å². The summed E-state index contributed by atoms with van der Waals surface area (Å²) in [7, 11) is 0. The second kappa shape index (κ2) is 8.48. The Morgan fingerprint density at radius 1 is 1.39 bits per heavy atom. The van der Waals surface area contributed by atoms with Crippen molar-refractivity contribution in [2.24, 2.45) is 0 Å². The van der Waals surface area contributed by atoms with Crippen LogP contribution in [0.15, 0.2) is 0 Å². The Hall–Kier alpha value is -0.610. The first kappa shape index (κ1) is 15.4. The Bertz CT molecular complexity index is 245. The van der Waals surface area contributed by atoms with E-state index in [0.717, 1.165) is 32.6 Å². The van der Waals surface area contributed by atoms with Gasteiger partial charge in [0.2, 0.25) is 5.91 Å². The Labute approximate surface area is 111 Å². The van der Waals surface area contributed by atoms with Crippen LogP contribution in [0.4, 0.5) is 0 Å². The molecule has 1 saturated heterocycles. The molecule has 0 bridgehead atoms. The first-order chi connectivity index (χ1) is 8.70. The average molecular weight is 255 g/mol. The average Bonchev–Trinajstić information content (AvgIpc) is 2.42. The Balaban J connectivity index is 2.50. The molecule has 1 heterocycles. The molecule has 0 radical (unpaired) electrons. The van der Waals surface area contributed by atoms with Gasteiger partial charge in [-0.15, -0.1) is 0 Å². The molecule has 1 rings (SSSR count). The molecule has 0 aromatic rings. The Kier molecular flexibility index (Phi) is 7.28. The quantitative estimate of drug-likeness (QED) is 0.722. The van der Waals surface area contributed by atoms with Crippen molar-refractivity contribution in [1.82, 2.24) is 15.5 Å². The van der Waals surface area contributed by atoms with Gasteiger partial charge in [-0.25, -0.2) is 0 Å². The molecular weight excluding hydrogens is 226 g/mol. The molecule has 0 spiro atoms. The third-order valence-electron chi connectivity index (χ3n) is 3.73. The summed E-state index contributed by atoms with van der Waals surface area (Å²) in [5.74, 6) is 0.181. The van der Waals surface area contributed by atoms with Crippen molar-refractivity contribution in [3.63, 3.8) is 0 Å². The van der Waals surface area contributed by atoms with Gasteiger partial charge in [0.15, 0.2) is 0 Å². The summed E-state index contributed by atoms with van der Waals surface area (Å²) < 4.78 is 0. The summed E-state index contributed by atoms with van der Waals surface area (Å²) in [6.45, 7) is 10.1. The van der Waals surface area contributed by atoms with Crippen molar-refractivity contribution in [3.05, 3.63) is 0 Å². The lowest BCUT2D eigenvalue weighted by atomic mass is 9.99. The van der Waals surface area contributed by atoms with Gasteiger partial charge in [0.1, 0.15) is 0 Å². The molecule has 0 aromatic heterocycles. The van der Waals surface area contributed by atoms with E-state index >= 15 is 0 Å². The fourth-order valence-electron chi connectivity index (χ4n) is 2.61. The van der Waals surface area contributed by atoms with Gasteiger partial charge in [-0.3, -0.25) is 9.69 Å². The summed E-state index contributed by atoms with van der Waals surface area (Å²) in [5.41, 5.74) is 0. The predicted octanol–water partition coefficient (Wildman–Crippen LogP) is 1.37.